The van der Waals surface area contributed by atoms with Gasteiger partial charge in [0, 0.05) is 5.56 Å². The lowest BCUT2D eigenvalue weighted by Gasteiger charge is -2.08. The molecule has 1 aromatic rings. The van der Waals surface area contributed by atoms with E-state index in [1.807, 2.05) is 0 Å². The van der Waals surface area contributed by atoms with Crippen LogP contribution in [0.2, 0.25) is 0 Å². The van der Waals surface area contributed by atoms with E-state index >= 15 is 0 Å². The summed E-state index contributed by atoms with van der Waals surface area (Å²) in [4.78, 5) is 22.1. The van der Waals surface area contributed by atoms with Gasteiger partial charge < -0.3 is 10.4 Å². The van der Waals surface area contributed by atoms with Crippen molar-refractivity contribution >= 4 is 11.9 Å². The van der Waals surface area contributed by atoms with Crippen molar-refractivity contribution in [1.82, 2.24) is 10.6 Å². The summed E-state index contributed by atoms with van der Waals surface area (Å²) in [6.07, 6.45) is 0. The number of rotatable bonds is 1. The highest BCUT2D eigenvalue weighted by molar-refractivity contribution is 6.04. The number of hydrogen-bond donors (Lipinski definition) is 3. The lowest BCUT2D eigenvalue weighted by atomic mass is 10.1. The van der Waals surface area contributed by atoms with Crippen LogP contribution in [0.4, 0.5) is 4.79 Å². The molecule has 1 aliphatic heterocycles. The third-order valence-corrected chi connectivity index (χ3v) is 2.02. The van der Waals surface area contributed by atoms with E-state index in [0.29, 0.717) is 5.56 Å². The summed E-state index contributed by atoms with van der Waals surface area (Å²) in [5, 5.41) is 13.9. The van der Waals surface area contributed by atoms with Gasteiger partial charge in [0.2, 0.25) is 0 Å². The molecule has 0 radical (unpaired) electrons. The van der Waals surface area contributed by atoms with Crippen LogP contribution in [-0.4, -0.2) is 17.0 Å². The van der Waals surface area contributed by atoms with Gasteiger partial charge >= 0.3 is 6.03 Å². The molecule has 2 rings (SSSR count). The fourth-order valence-corrected chi connectivity index (χ4v) is 1.37. The Morgan fingerprint density at radius 2 is 1.93 bits per heavy atom. The molecule has 14 heavy (non-hydrogen) atoms. The molecule has 5 heteroatoms. The van der Waals surface area contributed by atoms with Gasteiger partial charge in [0.1, 0.15) is 11.8 Å². The van der Waals surface area contributed by atoms with Crippen LogP contribution in [0.15, 0.2) is 24.3 Å². The van der Waals surface area contributed by atoms with Crippen molar-refractivity contribution in [2.24, 2.45) is 0 Å². The number of hydrogen-bond acceptors (Lipinski definition) is 3. The molecule has 1 fully saturated rings. The molecule has 1 unspecified atom stereocenters. The smallest absolute Gasteiger partial charge is 0.322 e. The zero-order chi connectivity index (χ0) is 10.1. The molecule has 5 nitrogen and oxygen atoms in total. The number of urea groups is 1. The second kappa shape index (κ2) is 3.02. The van der Waals surface area contributed by atoms with Gasteiger partial charge in [0.05, 0.1) is 0 Å². The first-order chi connectivity index (χ1) is 6.68. The molecular weight excluding hydrogens is 184 g/mol. The highest BCUT2D eigenvalue weighted by Crippen LogP contribution is 2.25. The largest absolute Gasteiger partial charge is 0.508 e. The van der Waals surface area contributed by atoms with E-state index in [4.69, 9.17) is 0 Å². The summed E-state index contributed by atoms with van der Waals surface area (Å²) in [6.45, 7) is 0. The third kappa shape index (κ3) is 1.28. The molecule has 1 heterocycles. The number of para-hydroxylation sites is 1. The molecule has 0 spiro atoms. The third-order valence-electron chi connectivity index (χ3n) is 2.02. The average molecular weight is 192 g/mol. The normalized spacial score (nSPS) is 20.4. The average Bonchev–Trinajstić information content (AvgIpc) is 2.46. The highest BCUT2D eigenvalue weighted by Gasteiger charge is 2.32. The summed E-state index contributed by atoms with van der Waals surface area (Å²) in [6, 6.07) is 5.06. The Hall–Kier alpha value is -2.04. The van der Waals surface area contributed by atoms with Gasteiger partial charge in [-0.05, 0) is 6.07 Å². The van der Waals surface area contributed by atoms with Crippen LogP contribution in [0, 0.1) is 0 Å². The first-order valence-electron chi connectivity index (χ1n) is 4.08. The van der Waals surface area contributed by atoms with Crippen LogP contribution in [0.1, 0.15) is 11.6 Å². The highest BCUT2D eigenvalue weighted by atomic mass is 16.3. The summed E-state index contributed by atoms with van der Waals surface area (Å²) in [5.41, 5.74) is 0.399. The van der Waals surface area contributed by atoms with Crippen molar-refractivity contribution in [3.63, 3.8) is 0 Å². The van der Waals surface area contributed by atoms with E-state index in [1.54, 1.807) is 18.2 Å². The summed E-state index contributed by atoms with van der Waals surface area (Å²) >= 11 is 0. The minimum Gasteiger partial charge on any atom is -0.508 e. The van der Waals surface area contributed by atoms with E-state index in [0.717, 1.165) is 0 Å². The molecule has 1 atom stereocenters. The van der Waals surface area contributed by atoms with Gasteiger partial charge in [-0.15, -0.1) is 0 Å². The van der Waals surface area contributed by atoms with Crippen LogP contribution in [-0.2, 0) is 4.79 Å². The van der Waals surface area contributed by atoms with Gasteiger partial charge in [0.15, 0.2) is 0 Å². The molecule has 0 bridgehead atoms. The van der Waals surface area contributed by atoms with E-state index in [2.05, 4.69) is 10.6 Å². The van der Waals surface area contributed by atoms with Crippen LogP contribution in [0.25, 0.3) is 0 Å². The van der Waals surface area contributed by atoms with E-state index < -0.39 is 18.0 Å². The van der Waals surface area contributed by atoms with Crippen molar-refractivity contribution in [1.29, 1.82) is 0 Å². The summed E-state index contributed by atoms with van der Waals surface area (Å²) in [7, 11) is 0. The standard InChI is InChI=1S/C9H8N2O3/c12-6-4-2-1-3-5(6)7-8(13)11-9(14)10-7/h1-4,7,12H,(H2,10,11,13,14). The Morgan fingerprint density at radius 3 is 2.50 bits per heavy atom. The molecular formula is C9H8N2O3. The molecule has 0 saturated carbocycles. The predicted octanol–water partition coefficient (Wildman–Crippen LogP) is 0.273. The number of nitrogens with one attached hydrogen (secondary N) is 2. The SMILES string of the molecule is O=C1NC(=O)C(c2ccccc2O)N1. The second-order valence-corrected chi connectivity index (χ2v) is 2.95. The van der Waals surface area contributed by atoms with Gasteiger partial charge in [-0.1, -0.05) is 18.2 Å². The maximum Gasteiger partial charge on any atom is 0.322 e. The van der Waals surface area contributed by atoms with Crippen LogP contribution >= 0.6 is 0 Å². The van der Waals surface area contributed by atoms with Crippen molar-refractivity contribution in [2.45, 2.75) is 6.04 Å². The predicted molar refractivity (Wildman–Crippen MR) is 47.5 cm³/mol. The van der Waals surface area contributed by atoms with E-state index in [-0.39, 0.29) is 5.75 Å². The molecule has 72 valence electrons. The Morgan fingerprint density at radius 1 is 1.21 bits per heavy atom. The molecule has 3 amide bonds. The van der Waals surface area contributed by atoms with Crippen molar-refractivity contribution in [3.05, 3.63) is 29.8 Å². The Balaban J connectivity index is 2.36. The zero-order valence-corrected chi connectivity index (χ0v) is 7.15. The lowest BCUT2D eigenvalue weighted by Crippen LogP contribution is -2.22. The van der Waals surface area contributed by atoms with Crippen LogP contribution in [0.5, 0.6) is 5.75 Å². The van der Waals surface area contributed by atoms with Gasteiger partial charge in [-0.2, -0.15) is 0 Å². The fourth-order valence-electron chi connectivity index (χ4n) is 1.37. The van der Waals surface area contributed by atoms with Crippen LogP contribution < -0.4 is 10.6 Å². The summed E-state index contributed by atoms with van der Waals surface area (Å²) in [5.74, 6) is -0.452. The molecule has 3 N–H and O–H groups in total. The number of imide groups is 1. The minimum absolute atomic E-state index is 0.00477. The number of amides is 3. The second-order valence-electron chi connectivity index (χ2n) is 2.95. The fraction of sp³-hybridized carbons (Fsp3) is 0.111. The molecule has 1 aliphatic rings. The van der Waals surface area contributed by atoms with E-state index in [1.165, 1.54) is 6.07 Å². The van der Waals surface area contributed by atoms with Gasteiger partial charge in [0.25, 0.3) is 5.91 Å². The van der Waals surface area contributed by atoms with Crippen molar-refractivity contribution in [3.8, 4) is 5.75 Å². The number of benzene rings is 1. The Kier molecular flexibility index (Phi) is 1.85. The Bertz CT molecular complexity index is 403. The topological polar surface area (TPSA) is 78.4 Å². The summed E-state index contributed by atoms with van der Waals surface area (Å²) < 4.78 is 0. The number of carbonyl (C=O) groups is 2. The maximum absolute atomic E-state index is 11.2. The Labute approximate surface area is 79.7 Å². The molecule has 1 aromatic carbocycles. The monoisotopic (exact) mass is 192 g/mol. The van der Waals surface area contributed by atoms with Gasteiger partial charge in [-0.3, -0.25) is 10.1 Å². The van der Waals surface area contributed by atoms with E-state index in [9.17, 15) is 14.7 Å². The lowest BCUT2D eigenvalue weighted by molar-refractivity contribution is -0.120. The van der Waals surface area contributed by atoms with Gasteiger partial charge in [-0.25, -0.2) is 4.79 Å². The molecule has 0 aliphatic carbocycles. The number of phenols is 1. The minimum atomic E-state index is -0.788. The number of phenolic OH excluding ortho intramolecular Hbond substituents is 1. The number of aromatic hydroxyl groups is 1. The first-order valence-corrected chi connectivity index (χ1v) is 4.08. The molecule has 0 aromatic heterocycles. The number of carbonyl (C=O) groups excluding carboxylic acids is 2. The maximum atomic E-state index is 11.2. The first kappa shape index (κ1) is 8.55. The van der Waals surface area contributed by atoms with Crippen molar-refractivity contribution in [2.75, 3.05) is 0 Å². The zero-order valence-electron chi connectivity index (χ0n) is 7.15. The van der Waals surface area contributed by atoms with Crippen molar-refractivity contribution < 1.29 is 14.7 Å². The quantitative estimate of drug-likeness (QED) is 0.559. The molecule has 1 saturated heterocycles. The van der Waals surface area contributed by atoms with Crippen LogP contribution in [0.3, 0.4) is 0 Å².